The van der Waals surface area contributed by atoms with E-state index >= 15 is 0 Å². The van der Waals surface area contributed by atoms with Crippen LogP contribution in [0.4, 0.5) is 5.82 Å². The van der Waals surface area contributed by atoms with E-state index in [1.54, 1.807) is 13.8 Å². The fourth-order valence-corrected chi connectivity index (χ4v) is 3.86. The highest BCUT2D eigenvalue weighted by Crippen LogP contribution is 2.31. The molecule has 0 radical (unpaired) electrons. The van der Waals surface area contributed by atoms with Crippen molar-refractivity contribution < 1.29 is 33.6 Å². The number of nitrogens with two attached hydrogens (primary N) is 1. The second-order valence-corrected chi connectivity index (χ2v) is 9.58. The molecule has 1 aliphatic heterocycles. The van der Waals surface area contributed by atoms with E-state index in [4.69, 9.17) is 10.5 Å². The van der Waals surface area contributed by atoms with Crippen LogP contribution in [0.1, 0.15) is 20.1 Å². The molecule has 8 N–H and O–H groups in total. The van der Waals surface area contributed by atoms with Crippen LogP contribution in [0.15, 0.2) is 12.7 Å². The van der Waals surface area contributed by atoms with Crippen molar-refractivity contribution in [2.24, 2.45) is 5.41 Å². The van der Waals surface area contributed by atoms with E-state index in [0.717, 1.165) is 0 Å². The molecule has 5 atom stereocenters. The minimum absolute atomic E-state index is 0.138. The van der Waals surface area contributed by atoms with Gasteiger partial charge in [0.15, 0.2) is 17.7 Å². The van der Waals surface area contributed by atoms with E-state index in [1.807, 2.05) is 0 Å². The molecule has 1 saturated heterocycles. The Hall–Kier alpha value is -1.98. The molecule has 1 fully saturated rings. The summed E-state index contributed by atoms with van der Waals surface area (Å²) in [6.07, 6.45) is -3.52. The molecule has 0 aliphatic carbocycles. The molecular weight excluding hydrogens is 434 g/mol. The molecule has 2 aromatic rings. The second kappa shape index (κ2) is 8.87. The maximum Gasteiger partial charge on any atom is 0.277 e. The fourth-order valence-electron chi connectivity index (χ4n) is 3.00. The van der Waals surface area contributed by atoms with Gasteiger partial charge in [-0.2, -0.15) is 17.9 Å². The number of imidazole rings is 1. The molecule has 0 amide bonds. The number of hydrogen-bond donors (Lipinski definition) is 7. The summed E-state index contributed by atoms with van der Waals surface area (Å²) in [6, 6.07) is 0. The van der Waals surface area contributed by atoms with Gasteiger partial charge in [-0.3, -0.25) is 4.57 Å². The van der Waals surface area contributed by atoms with Crippen molar-refractivity contribution >= 4 is 27.2 Å². The third kappa shape index (κ3) is 4.93. The van der Waals surface area contributed by atoms with Gasteiger partial charge in [0.1, 0.15) is 30.2 Å². The quantitative estimate of drug-likeness (QED) is 0.197. The number of anilines is 1. The first-order valence-corrected chi connectivity index (χ1v) is 10.9. The summed E-state index contributed by atoms with van der Waals surface area (Å²) >= 11 is 0. The van der Waals surface area contributed by atoms with Gasteiger partial charge < -0.3 is 30.9 Å². The Bertz CT molecular complexity index is 1010. The van der Waals surface area contributed by atoms with Crippen molar-refractivity contribution in [3.05, 3.63) is 12.7 Å². The van der Waals surface area contributed by atoms with E-state index < -0.39 is 46.3 Å². The van der Waals surface area contributed by atoms with Crippen LogP contribution < -0.4 is 15.2 Å². The van der Waals surface area contributed by atoms with Crippen molar-refractivity contribution in [2.75, 3.05) is 25.4 Å². The molecule has 0 unspecified atom stereocenters. The zero-order valence-electron chi connectivity index (χ0n) is 17.0. The van der Waals surface area contributed by atoms with E-state index in [1.165, 1.54) is 17.2 Å². The Balaban J connectivity index is 1.63. The monoisotopic (exact) mass is 461 g/mol. The van der Waals surface area contributed by atoms with Crippen LogP contribution >= 0.6 is 0 Å². The van der Waals surface area contributed by atoms with Crippen molar-refractivity contribution in [3.8, 4) is 0 Å². The smallest absolute Gasteiger partial charge is 0.277 e. The number of aromatic nitrogens is 4. The van der Waals surface area contributed by atoms with E-state index in [2.05, 4.69) is 24.4 Å². The summed E-state index contributed by atoms with van der Waals surface area (Å²) in [5.74, 6) is 0.138. The van der Waals surface area contributed by atoms with Gasteiger partial charge in [-0.15, -0.1) is 0 Å². The first-order chi connectivity index (χ1) is 14.5. The highest BCUT2D eigenvalue weighted by Gasteiger charge is 2.44. The lowest BCUT2D eigenvalue weighted by atomic mass is 9.88. The van der Waals surface area contributed by atoms with Crippen molar-refractivity contribution in [1.29, 1.82) is 0 Å². The lowest BCUT2D eigenvalue weighted by molar-refractivity contribution is -0.0330. The summed E-state index contributed by atoms with van der Waals surface area (Å²) in [6.45, 7) is 2.16. The first kappa shape index (κ1) is 23.7. The number of nitrogens with one attached hydrogen (secondary N) is 2. The van der Waals surface area contributed by atoms with Crippen molar-refractivity contribution in [3.63, 3.8) is 0 Å². The van der Waals surface area contributed by atoms with Crippen LogP contribution in [0.25, 0.3) is 11.2 Å². The number of nitrogen functional groups attached to an aromatic ring is 1. The predicted molar refractivity (Wildman–Crippen MR) is 107 cm³/mol. The van der Waals surface area contributed by atoms with Crippen LogP contribution in [-0.4, -0.2) is 92.5 Å². The molecule has 31 heavy (non-hydrogen) atoms. The largest absolute Gasteiger partial charge is 0.396 e. The van der Waals surface area contributed by atoms with Crippen LogP contribution in [0, 0.1) is 5.41 Å². The lowest BCUT2D eigenvalue weighted by Crippen LogP contribution is -2.48. The van der Waals surface area contributed by atoms with Gasteiger partial charge in [-0.25, -0.2) is 15.0 Å². The van der Waals surface area contributed by atoms with Gasteiger partial charge in [0.25, 0.3) is 10.2 Å². The summed E-state index contributed by atoms with van der Waals surface area (Å²) in [5, 5.41) is 40.0. The first-order valence-electron chi connectivity index (χ1n) is 9.44. The second-order valence-electron chi connectivity index (χ2n) is 7.99. The molecular formula is C16H27N7O7S. The minimum Gasteiger partial charge on any atom is -0.396 e. The maximum atomic E-state index is 12.2. The highest BCUT2D eigenvalue weighted by molar-refractivity contribution is 7.87. The summed E-state index contributed by atoms with van der Waals surface area (Å²) < 4.78 is 35.8. The number of aliphatic hydroxyl groups excluding tert-OH is 4. The Morgan fingerprint density at radius 3 is 2.65 bits per heavy atom. The summed E-state index contributed by atoms with van der Waals surface area (Å²) in [4.78, 5) is 12.0. The summed E-state index contributed by atoms with van der Waals surface area (Å²) in [7, 11) is -4.06. The van der Waals surface area contributed by atoms with Crippen LogP contribution in [-0.2, 0) is 14.9 Å². The number of fused-ring (bicyclic) bond motifs is 1. The Kier molecular flexibility index (Phi) is 6.78. The van der Waals surface area contributed by atoms with Gasteiger partial charge in [0.05, 0.1) is 19.0 Å². The van der Waals surface area contributed by atoms with E-state index in [-0.39, 0.29) is 31.2 Å². The molecule has 2 aromatic heterocycles. The molecule has 1 aliphatic rings. The van der Waals surface area contributed by atoms with Crippen LogP contribution in [0.5, 0.6) is 0 Å². The fraction of sp³-hybridized carbons (Fsp3) is 0.688. The number of rotatable bonds is 9. The molecule has 0 saturated carbocycles. The van der Waals surface area contributed by atoms with Gasteiger partial charge in [0, 0.05) is 18.5 Å². The summed E-state index contributed by atoms with van der Waals surface area (Å²) in [5.41, 5.74) is 5.43. The van der Waals surface area contributed by atoms with Gasteiger partial charge in [-0.1, -0.05) is 13.8 Å². The predicted octanol–water partition coefficient (Wildman–Crippen LogP) is -3.17. The number of hydrogen-bond acceptors (Lipinski definition) is 11. The average molecular weight is 462 g/mol. The Morgan fingerprint density at radius 1 is 1.26 bits per heavy atom. The topological polar surface area (TPSA) is 218 Å². The highest BCUT2D eigenvalue weighted by atomic mass is 32.2. The number of ether oxygens (including phenoxy) is 1. The standard InChI is InChI=1S/C16H27N7O7S/c1-16(2,5-24)9(25)4-22-31(28,29)21-3-8-11(26)12(27)15(30-8)23-7-20-10-13(17)18-6-19-14(10)23/h6-9,11-12,15,21-22,24-27H,3-5H2,1-2H3,(H2,17,18,19)/t8-,9+,11-,12-,15-/m1/s1. The normalized spacial score (nSPS) is 25.9. The zero-order chi connectivity index (χ0) is 23.0. The number of nitrogens with zero attached hydrogens (tertiary/aromatic N) is 4. The van der Waals surface area contributed by atoms with Crippen molar-refractivity contribution in [2.45, 2.75) is 44.5 Å². The molecule has 15 heteroatoms. The molecule has 0 aromatic carbocycles. The Morgan fingerprint density at radius 2 is 1.97 bits per heavy atom. The molecule has 3 heterocycles. The SMILES string of the molecule is CC(C)(CO)[C@@H](O)CNS(=O)(=O)NC[C@H]1O[C@@H](n2cnc3c(N)ncnc32)[C@H](O)[C@@H]1O. The molecule has 0 spiro atoms. The van der Waals surface area contributed by atoms with E-state index in [0.29, 0.717) is 5.52 Å². The van der Waals surface area contributed by atoms with Gasteiger partial charge in [-0.05, 0) is 0 Å². The third-order valence-corrected chi connectivity index (χ3v) is 6.34. The Labute approximate surface area is 178 Å². The van der Waals surface area contributed by atoms with Crippen LogP contribution in [0.2, 0.25) is 0 Å². The maximum absolute atomic E-state index is 12.2. The van der Waals surface area contributed by atoms with Crippen LogP contribution in [0.3, 0.4) is 0 Å². The lowest BCUT2D eigenvalue weighted by Gasteiger charge is -2.28. The average Bonchev–Trinajstić information content (AvgIpc) is 3.27. The molecule has 174 valence electrons. The van der Waals surface area contributed by atoms with E-state index in [9.17, 15) is 28.8 Å². The molecule has 14 nitrogen and oxygen atoms in total. The minimum atomic E-state index is -4.06. The zero-order valence-corrected chi connectivity index (χ0v) is 17.8. The van der Waals surface area contributed by atoms with Gasteiger partial charge >= 0.3 is 0 Å². The van der Waals surface area contributed by atoms with Crippen molar-refractivity contribution in [1.82, 2.24) is 29.0 Å². The number of aliphatic hydroxyl groups is 4. The van der Waals surface area contributed by atoms with Gasteiger partial charge in [0.2, 0.25) is 0 Å². The molecule has 3 rings (SSSR count). The molecule has 0 bridgehead atoms. The third-order valence-electron chi connectivity index (χ3n) is 5.25.